The molecule has 1 N–H and O–H groups in total. The second kappa shape index (κ2) is 8.14. The highest BCUT2D eigenvalue weighted by Crippen LogP contribution is 2.40. The third-order valence-electron chi connectivity index (χ3n) is 4.16. The summed E-state index contributed by atoms with van der Waals surface area (Å²) < 4.78 is 65.1. The van der Waals surface area contributed by atoms with E-state index in [9.17, 15) is 21.6 Å². The van der Waals surface area contributed by atoms with Crippen molar-refractivity contribution in [1.82, 2.24) is 14.9 Å². The molecule has 0 amide bonds. The fraction of sp³-hybridized carbons (Fsp3) is 0.500. The molecule has 0 bridgehead atoms. The smallest absolute Gasteiger partial charge is 0.357 e. The van der Waals surface area contributed by atoms with Crippen LogP contribution in [0.4, 0.5) is 13.2 Å². The van der Waals surface area contributed by atoms with Gasteiger partial charge in [-0.25, -0.2) is 0 Å². The Kier molecular flexibility index (Phi) is 6.33. The van der Waals surface area contributed by atoms with Crippen molar-refractivity contribution < 1.29 is 25.8 Å². The van der Waals surface area contributed by atoms with Crippen LogP contribution in [-0.4, -0.2) is 48.9 Å². The first kappa shape index (κ1) is 21.0. The molecule has 0 spiro atoms. The molecule has 2 aromatic rings. The number of aromatic amines is 1. The lowest BCUT2D eigenvalue weighted by molar-refractivity contribution is -0.0501. The van der Waals surface area contributed by atoms with Gasteiger partial charge in [0.15, 0.2) is 0 Å². The highest BCUT2D eigenvalue weighted by Gasteiger charge is 2.49. The van der Waals surface area contributed by atoms with Crippen molar-refractivity contribution >= 4 is 21.2 Å². The third-order valence-corrected chi connectivity index (χ3v) is 5.11. The number of alkyl halides is 3. The number of likely N-dealkylation sites (tertiary alicyclic amines) is 1. The first-order valence-electron chi connectivity index (χ1n) is 8.07. The van der Waals surface area contributed by atoms with Gasteiger partial charge in [0, 0.05) is 18.7 Å². The van der Waals surface area contributed by atoms with Gasteiger partial charge < -0.3 is 14.1 Å². The number of hydrogen-bond donors (Lipinski definition) is 1. The highest BCUT2D eigenvalue weighted by molar-refractivity contribution is 7.87. The lowest BCUT2D eigenvalue weighted by Gasteiger charge is -2.29. The third kappa shape index (κ3) is 4.70. The SMILES string of the molecule is CC#N.CN1CCC(c2c(OS(=O)(=O)C(F)(F)F)[nH]c3cccnc23)CC1. The molecule has 1 fully saturated rings. The largest absolute Gasteiger partial charge is 0.534 e. The summed E-state index contributed by atoms with van der Waals surface area (Å²) in [6, 6.07) is 4.98. The maximum atomic E-state index is 12.7. The number of rotatable bonds is 3. The summed E-state index contributed by atoms with van der Waals surface area (Å²) in [5.41, 5.74) is -4.20. The molecular formula is C16H19F3N4O3S. The van der Waals surface area contributed by atoms with Crippen molar-refractivity contribution in [2.45, 2.75) is 31.2 Å². The Hall–Kier alpha value is -2.32. The zero-order chi connectivity index (χ0) is 20.2. The molecule has 7 nitrogen and oxygen atoms in total. The lowest BCUT2D eigenvalue weighted by atomic mass is 9.90. The normalized spacial score (nSPS) is 16.4. The molecule has 0 atom stereocenters. The van der Waals surface area contributed by atoms with Crippen LogP contribution >= 0.6 is 0 Å². The molecular weight excluding hydrogens is 385 g/mol. The predicted octanol–water partition coefficient (Wildman–Crippen LogP) is 3.13. The summed E-state index contributed by atoms with van der Waals surface area (Å²) in [5, 5.41) is 7.32. The number of H-pyrrole nitrogens is 1. The van der Waals surface area contributed by atoms with Crippen LogP contribution in [0, 0.1) is 11.3 Å². The fourth-order valence-electron chi connectivity index (χ4n) is 2.92. The van der Waals surface area contributed by atoms with Crippen LogP contribution < -0.4 is 4.18 Å². The summed E-state index contributed by atoms with van der Waals surface area (Å²) in [7, 11) is -3.79. The van der Waals surface area contributed by atoms with E-state index in [0.717, 1.165) is 13.1 Å². The zero-order valence-electron chi connectivity index (χ0n) is 14.7. The number of piperidine rings is 1. The zero-order valence-corrected chi connectivity index (χ0v) is 15.6. The van der Waals surface area contributed by atoms with Crippen LogP contribution in [0.1, 0.15) is 31.2 Å². The number of nitrogens with one attached hydrogen (secondary N) is 1. The molecule has 3 rings (SSSR count). The minimum absolute atomic E-state index is 0.122. The van der Waals surface area contributed by atoms with Crippen LogP contribution in [0.25, 0.3) is 11.0 Å². The van der Waals surface area contributed by atoms with E-state index < -0.39 is 21.5 Å². The maximum absolute atomic E-state index is 12.7. The van der Waals surface area contributed by atoms with E-state index in [0.29, 0.717) is 29.4 Å². The van der Waals surface area contributed by atoms with Crippen LogP contribution in [0.5, 0.6) is 5.88 Å². The van der Waals surface area contributed by atoms with Crippen LogP contribution in [0.15, 0.2) is 18.3 Å². The summed E-state index contributed by atoms with van der Waals surface area (Å²) in [6.45, 7) is 2.95. The summed E-state index contributed by atoms with van der Waals surface area (Å²) >= 11 is 0. The average Bonchev–Trinajstić information content (AvgIpc) is 2.92. The van der Waals surface area contributed by atoms with E-state index >= 15 is 0 Å². The van der Waals surface area contributed by atoms with Gasteiger partial charge in [-0.1, -0.05) is 0 Å². The van der Waals surface area contributed by atoms with Crippen molar-refractivity contribution in [2.75, 3.05) is 20.1 Å². The number of nitriles is 1. The van der Waals surface area contributed by atoms with Gasteiger partial charge in [0.1, 0.15) is 0 Å². The van der Waals surface area contributed by atoms with Gasteiger partial charge in [0.05, 0.1) is 17.1 Å². The van der Waals surface area contributed by atoms with E-state index in [1.54, 1.807) is 18.2 Å². The number of nitrogens with zero attached hydrogens (tertiary/aromatic N) is 3. The molecule has 0 aromatic carbocycles. The quantitative estimate of drug-likeness (QED) is 0.623. The highest BCUT2D eigenvalue weighted by atomic mass is 32.2. The molecule has 0 radical (unpaired) electrons. The molecule has 148 valence electrons. The Balaban J connectivity index is 0.000000817. The van der Waals surface area contributed by atoms with E-state index in [1.807, 2.05) is 7.05 Å². The molecule has 0 saturated carbocycles. The Labute approximate surface area is 154 Å². The number of pyridine rings is 1. The standard InChI is InChI=1S/C14H16F3N3O3S.C2H3N/c1-20-7-4-9(5-8-20)11-12-10(3-2-6-18-12)19-13(11)23-24(21,22)14(15,16)17;1-2-3/h2-3,6,9,19H,4-5,7-8H2,1H3;1H3. The summed E-state index contributed by atoms with van der Waals surface area (Å²) in [4.78, 5) is 8.91. The Morgan fingerprint density at radius 2 is 1.96 bits per heavy atom. The van der Waals surface area contributed by atoms with E-state index in [4.69, 9.17) is 5.26 Å². The fourth-order valence-corrected chi connectivity index (χ4v) is 3.36. The van der Waals surface area contributed by atoms with Gasteiger partial charge in [-0.05, 0) is 51.0 Å². The molecule has 11 heteroatoms. The minimum Gasteiger partial charge on any atom is -0.357 e. The molecule has 2 aromatic heterocycles. The number of fused-ring (bicyclic) bond motifs is 1. The van der Waals surface area contributed by atoms with E-state index in [1.165, 1.54) is 13.1 Å². The maximum Gasteiger partial charge on any atom is 0.534 e. The molecule has 1 saturated heterocycles. The van der Waals surface area contributed by atoms with E-state index in [-0.39, 0.29) is 5.92 Å². The Morgan fingerprint density at radius 3 is 2.52 bits per heavy atom. The average molecular weight is 404 g/mol. The summed E-state index contributed by atoms with van der Waals surface area (Å²) in [5.74, 6) is -0.515. The topological polar surface area (TPSA) is 99.1 Å². The van der Waals surface area contributed by atoms with Crippen LogP contribution in [-0.2, 0) is 10.1 Å². The predicted molar refractivity (Wildman–Crippen MR) is 92.5 cm³/mol. The van der Waals surface area contributed by atoms with Crippen molar-refractivity contribution in [3.63, 3.8) is 0 Å². The number of aromatic nitrogens is 2. The van der Waals surface area contributed by atoms with Gasteiger partial charge in [-0.2, -0.15) is 26.9 Å². The molecule has 27 heavy (non-hydrogen) atoms. The van der Waals surface area contributed by atoms with Gasteiger partial charge in [0.2, 0.25) is 5.88 Å². The Bertz CT molecular complexity index is 927. The van der Waals surface area contributed by atoms with E-state index in [2.05, 4.69) is 19.1 Å². The van der Waals surface area contributed by atoms with Crippen molar-refractivity contribution in [3.8, 4) is 11.9 Å². The van der Waals surface area contributed by atoms with Gasteiger partial charge in [-0.3, -0.25) is 4.98 Å². The Morgan fingerprint density at radius 1 is 1.37 bits per heavy atom. The second-order valence-electron chi connectivity index (χ2n) is 6.05. The molecule has 1 aliphatic rings. The van der Waals surface area contributed by atoms with Crippen LogP contribution in [0.2, 0.25) is 0 Å². The second-order valence-corrected chi connectivity index (χ2v) is 7.59. The lowest BCUT2D eigenvalue weighted by Crippen LogP contribution is -2.30. The van der Waals surface area contributed by atoms with Gasteiger partial charge in [-0.15, -0.1) is 0 Å². The summed E-state index contributed by atoms with van der Waals surface area (Å²) in [6.07, 6.45) is 2.88. The van der Waals surface area contributed by atoms with Crippen molar-refractivity contribution in [1.29, 1.82) is 5.26 Å². The number of hydrogen-bond acceptors (Lipinski definition) is 6. The molecule has 3 heterocycles. The minimum atomic E-state index is -5.74. The molecule has 0 aliphatic carbocycles. The van der Waals surface area contributed by atoms with Crippen LogP contribution in [0.3, 0.4) is 0 Å². The van der Waals surface area contributed by atoms with Crippen molar-refractivity contribution in [3.05, 3.63) is 23.9 Å². The molecule has 1 aliphatic heterocycles. The number of halogens is 3. The molecule has 0 unspecified atom stereocenters. The monoisotopic (exact) mass is 404 g/mol. The van der Waals surface area contributed by atoms with Gasteiger partial charge in [0.25, 0.3) is 0 Å². The first-order valence-corrected chi connectivity index (χ1v) is 9.48. The first-order chi connectivity index (χ1) is 12.6. The van der Waals surface area contributed by atoms with Crippen molar-refractivity contribution in [2.24, 2.45) is 0 Å². The van der Waals surface area contributed by atoms with Gasteiger partial charge >= 0.3 is 15.6 Å².